The minimum atomic E-state index is -0.358. The van der Waals surface area contributed by atoms with Gasteiger partial charge < -0.3 is 5.32 Å². The van der Waals surface area contributed by atoms with Crippen LogP contribution in [0, 0.1) is 5.82 Å². The zero-order chi connectivity index (χ0) is 15.2. The number of aromatic nitrogens is 1. The van der Waals surface area contributed by atoms with E-state index in [4.69, 9.17) is 11.6 Å². The molecule has 0 fully saturated rings. The highest BCUT2D eigenvalue weighted by molar-refractivity contribution is 9.10. The van der Waals surface area contributed by atoms with Gasteiger partial charge in [0.2, 0.25) is 0 Å². The van der Waals surface area contributed by atoms with Gasteiger partial charge in [-0.2, -0.15) is 0 Å². The van der Waals surface area contributed by atoms with E-state index in [1.807, 2.05) is 25.3 Å². The first-order chi connectivity index (χ1) is 10.1. The molecule has 0 bridgehead atoms. The average Bonchev–Trinajstić information content (AvgIpc) is 2.51. The van der Waals surface area contributed by atoms with Crippen LogP contribution in [0.15, 0.2) is 41.1 Å². The van der Waals surface area contributed by atoms with Gasteiger partial charge in [0.25, 0.3) is 0 Å². The molecule has 0 aliphatic heterocycles. The van der Waals surface area contributed by atoms with Gasteiger partial charge in [-0.05, 0) is 53.0 Å². The predicted molar refractivity (Wildman–Crippen MR) is 88.1 cm³/mol. The first-order valence-corrected chi connectivity index (χ1v) is 8.06. The molecule has 1 aromatic carbocycles. The molecule has 0 aliphatic carbocycles. The van der Waals surface area contributed by atoms with E-state index in [2.05, 4.69) is 26.2 Å². The Morgan fingerprint density at radius 3 is 2.86 bits per heavy atom. The van der Waals surface area contributed by atoms with Crippen molar-refractivity contribution >= 4 is 27.5 Å². The maximum absolute atomic E-state index is 14.3. The molecule has 1 N–H and O–H groups in total. The molecule has 112 valence electrons. The van der Waals surface area contributed by atoms with E-state index in [0.29, 0.717) is 10.0 Å². The van der Waals surface area contributed by atoms with Crippen molar-refractivity contribution in [3.63, 3.8) is 0 Å². The largest absolute Gasteiger partial charge is 0.310 e. The molecule has 1 heterocycles. The van der Waals surface area contributed by atoms with Gasteiger partial charge in [0.1, 0.15) is 5.82 Å². The fourth-order valence-electron chi connectivity index (χ4n) is 2.28. The first kappa shape index (κ1) is 16.4. The van der Waals surface area contributed by atoms with Gasteiger partial charge in [-0.15, -0.1) is 0 Å². The number of hydrogen-bond acceptors (Lipinski definition) is 2. The van der Waals surface area contributed by atoms with E-state index in [1.165, 1.54) is 0 Å². The molecule has 1 atom stereocenters. The van der Waals surface area contributed by atoms with Crippen LogP contribution in [0.1, 0.15) is 30.5 Å². The summed E-state index contributed by atoms with van der Waals surface area (Å²) in [6.07, 6.45) is 5.21. The van der Waals surface area contributed by atoms with E-state index in [1.54, 1.807) is 18.3 Å². The minimum Gasteiger partial charge on any atom is -0.310 e. The van der Waals surface area contributed by atoms with Gasteiger partial charge in [-0.3, -0.25) is 4.98 Å². The summed E-state index contributed by atoms with van der Waals surface area (Å²) in [6.45, 7) is 2.78. The fourth-order valence-corrected chi connectivity index (χ4v) is 2.76. The average molecular weight is 372 g/mol. The maximum Gasteiger partial charge on any atom is 0.147 e. The number of nitrogens with one attached hydrogen (secondary N) is 1. The lowest BCUT2D eigenvalue weighted by atomic mass is 9.99. The third kappa shape index (κ3) is 4.25. The highest BCUT2D eigenvalue weighted by atomic mass is 79.9. The second kappa shape index (κ2) is 7.87. The Labute approximate surface area is 137 Å². The van der Waals surface area contributed by atoms with Crippen LogP contribution in [0.4, 0.5) is 4.39 Å². The maximum atomic E-state index is 14.3. The summed E-state index contributed by atoms with van der Waals surface area (Å²) < 4.78 is 14.9. The molecule has 0 saturated heterocycles. The van der Waals surface area contributed by atoms with Crippen molar-refractivity contribution in [2.24, 2.45) is 0 Å². The molecule has 1 unspecified atom stereocenters. The molecule has 2 aromatic rings. The third-order valence-electron chi connectivity index (χ3n) is 3.34. The molecule has 0 radical (unpaired) electrons. The van der Waals surface area contributed by atoms with Gasteiger partial charge >= 0.3 is 0 Å². The Morgan fingerprint density at radius 1 is 1.38 bits per heavy atom. The summed E-state index contributed by atoms with van der Waals surface area (Å²) in [5.74, 6) is -0.358. The van der Waals surface area contributed by atoms with Crippen LogP contribution < -0.4 is 5.32 Å². The summed E-state index contributed by atoms with van der Waals surface area (Å²) in [5, 5.41) is 3.46. The zero-order valence-corrected chi connectivity index (χ0v) is 14.1. The third-order valence-corrected chi connectivity index (χ3v) is 4.59. The number of nitrogens with zero attached hydrogens (tertiary/aromatic N) is 1. The molecular weight excluding hydrogens is 355 g/mol. The lowest BCUT2D eigenvalue weighted by molar-refractivity contribution is 0.485. The quantitative estimate of drug-likeness (QED) is 0.729. The van der Waals surface area contributed by atoms with Crippen LogP contribution >= 0.6 is 27.5 Å². The summed E-state index contributed by atoms with van der Waals surface area (Å²) in [7, 11) is 0. The smallest absolute Gasteiger partial charge is 0.147 e. The molecule has 0 aliphatic rings. The van der Waals surface area contributed by atoms with Gasteiger partial charge in [0.05, 0.1) is 5.02 Å². The molecule has 0 amide bonds. The van der Waals surface area contributed by atoms with Gasteiger partial charge in [0, 0.05) is 28.5 Å². The van der Waals surface area contributed by atoms with Crippen LogP contribution in [0.25, 0.3) is 0 Å². The van der Waals surface area contributed by atoms with Crippen LogP contribution in [0.5, 0.6) is 0 Å². The molecular formula is C16H17BrClFN2. The van der Waals surface area contributed by atoms with E-state index < -0.39 is 0 Å². The van der Waals surface area contributed by atoms with Gasteiger partial charge in [0.15, 0.2) is 0 Å². The van der Waals surface area contributed by atoms with E-state index in [-0.39, 0.29) is 16.9 Å². The van der Waals surface area contributed by atoms with Crippen molar-refractivity contribution in [2.45, 2.75) is 25.8 Å². The summed E-state index contributed by atoms with van der Waals surface area (Å²) in [6, 6.07) is 7.44. The predicted octanol–water partition coefficient (Wildman–Crippen LogP) is 4.92. The number of rotatable bonds is 6. The molecule has 2 nitrogen and oxygen atoms in total. The Hall–Kier alpha value is -0.970. The van der Waals surface area contributed by atoms with E-state index in [9.17, 15) is 4.39 Å². The normalized spacial score (nSPS) is 12.4. The molecule has 0 spiro atoms. The highest BCUT2D eigenvalue weighted by Gasteiger charge is 2.18. The lowest BCUT2D eigenvalue weighted by Gasteiger charge is -2.20. The van der Waals surface area contributed by atoms with E-state index in [0.717, 1.165) is 24.9 Å². The number of pyridine rings is 1. The van der Waals surface area contributed by atoms with Crippen LogP contribution in [0.2, 0.25) is 5.02 Å². The van der Waals surface area contributed by atoms with Crippen molar-refractivity contribution in [2.75, 3.05) is 6.54 Å². The Morgan fingerprint density at radius 2 is 2.19 bits per heavy atom. The molecule has 0 saturated carbocycles. The first-order valence-electron chi connectivity index (χ1n) is 6.89. The number of aryl methyl sites for hydroxylation is 1. The van der Waals surface area contributed by atoms with Gasteiger partial charge in [-0.25, -0.2) is 4.39 Å². The summed E-state index contributed by atoms with van der Waals surface area (Å²) in [5.41, 5.74) is 1.75. The highest BCUT2D eigenvalue weighted by Crippen LogP contribution is 2.31. The van der Waals surface area contributed by atoms with Crippen molar-refractivity contribution in [1.82, 2.24) is 10.3 Å². The molecule has 2 rings (SSSR count). The topological polar surface area (TPSA) is 24.9 Å². The molecule has 21 heavy (non-hydrogen) atoms. The minimum absolute atomic E-state index is 0.0687. The van der Waals surface area contributed by atoms with Crippen LogP contribution in [-0.2, 0) is 6.42 Å². The van der Waals surface area contributed by atoms with Crippen LogP contribution in [0.3, 0.4) is 0 Å². The second-order valence-corrected chi connectivity index (χ2v) is 6.01. The molecule has 5 heteroatoms. The van der Waals surface area contributed by atoms with E-state index >= 15 is 0 Å². The molecule has 1 aromatic heterocycles. The zero-order valence-electron chi connectivity index (χ0n) is 11.7. The summed E-state index contributed by atoms with van der Waals surface area (Å²) in [4.78, 5) is 4.10. The summed E-state index contributed by atoms with van der Waals surface area (Å²) >= 11 is 9.23. The lowest BCUT2D eigenvalue weighted by Crippen LogP contribution is -2.22. The number of benzene rings is 1. The Bertz CT molecular complexity index is 592. The number of halogens is 3. The fraction of sp³-hybridized carbons (Fsp3) is 0.312. The number of hydrogen-bond donors (Lipinski definition) is 1. The SMILES string of the molecule is CCNC(CCc1cccnc1)c1ccc(Br)c(Cl)c1F. The van der Waals surface area contributed by atoms with Crippen molar-refractivity contribution in [1.29, 1.82) is 0 Å². The Kier molecular flexibility index (Phi) is 6.15. The monoisotopic (exact) mass is 370 g/mol. The second-order valence-electron chi connectivity index (χ2n) is 4.77. The van der Waals surface area contributed by atoms with Crippen LogP contribution in [-0.4, -0.2) is 11.5 Å². The van der Waals surface area contributed by atoms with Gasteiger partial charge in [-0.1, -0.05) is 30.7 Å². The van der Waals surface area contributed by atoms with Crippen molar-refractivity contribution < 1.29 is 4.39 Å². The standard InChI is InChI=1S/C16H17BrClFN2/c1-2-21-14(8-5-11-4-3-9-20-10-11)12-6-7-13(17)15(18)16(12)19/h3-4,6-7,9-10,14,21H,2,5,8H2,1H3. The van der Waals surface area contributed by atoms with Crippen molar-refractivity contribution in [3.05, 3.63) is 63.1 Å². The Balaban J connectivity index is 2.17. The van der Waals surface area contributed by atoms with Crippen molar-refractivity contribution in [3.8, 4) is 0 Å².